The number of carboxylic acid groups (broad SMARTS) is 1. The molecule has 0 unspecified atom stereocenters. The van der Waals surface area contributed by atoms with Crippen LogP contribution >= 0.6 is 0 Å². The molecule has 1 heterocycles. The topological polar surface area (TPSA) is 73.4 Å². The Morgan fingerprint density at radius 1 is 1.50 bits per heavy atom. The number of amides is 1. The third kappa shape index (κ3) is 2.48. The van der Waals surface area contributed by atoms with Gasteiger partial charge in [-0.2, -0.15) is 0 Å². The lowest BCUT2D eigenvalue weighted by Gasteiger charge is -2.11. The zero-order valence-corrected chi connectivity index (χ0v) is 7.60. The van der Waals surface area contributed by atoms with Crippen molar-refractivity contribution in [2.24, 2.45) is 0 Å². The smallest absolute Gasteiger partial charge is 0.328 e. The van der Waals surface area contributed by atoms with E-state index in [1.54, 1.807) is 25.5 Å². The number of aromatic nitrogens is 1. The number of aliphatic carboxylic acids is 1. The first-order valence-corrected chi connectivity index (χ1v) is 3.92. The highest BCUT2D eigenvalue weighted by Crippen LogP contribution is 2.10. The average molecular weight is 194 g/mol. The fourth-order valence-electron chi connectivity index (χ4n) is 0.905. The number of nitrogens with one attached hydrogen (secondary N) is 1. The van der Waals surface area contributed by atoms with E-state index in [0.29, 0.717) is 5.69 Å². The molecule has 74 valence electrons. The molecule has 0 aliphatic carbocycles. The maximum absolute atomic E-state index is 11.3. The molecule has 0 saturated heterocycles. The van der Waals surface area contributed by atoms with Gasteiger partial charge in [0.1, 0.15) is 0 Å². The number of aromatic amines is 1. The second kappa shape index (κ2) is 4.27. The normalized spacial score (nSPS) is 10.4. The summed E-state index contributed by atoms with van der Waals surface area (Å²) < 4.78 is 0. The van der Waals surface area contributed by atoms with Gasteiger partial charge in [-0.25, -0.2) is 4.79 Å². The molecule has 0 aliphatic rings. The summed E-state index contributed by atoms with van der Waals surface area (Å²) in [5.41, 5.74) is 0.685. The summed E-state index contributed by atoms with van der Waals surface area (Å²) in [5, 5.41) is 8.31. The van der Waals surface area contributed by atoms with E-state index in [0.717, 1.165) is 12.2 Å². The average Bonchev–Trinajstić information content (AvgIpc) is 2.65. The first kappa shape index (κ1) is 10.0. The number of anilines is 1. The van der Waals surface area contributed by atoms with Gasteiger partial charge in [-0.05, 0) is 6.07 Å². The second-order valence-electron chi connectivity index (χ2n) is 2.64. The molecule has 0 aromatic carbocycles. The highest BCUT2D eigenvalue weighted by Gasteiger charge is 2.07. The third-order valence-electron chi connectivity index (χ3n) is 1.67. The molecule has 0 bridgehead atoms. The molecule has 0 aliphatic heterocycles. The minimum Gasteiger partial charge on any atom is -0.478 e. The Bertz CT molecular complexity index is 354. The fraction of sp³-hybridized carbons (Fsp3) is 0.111. The number of rotatable bonds is 3. The lowest BCUT2D eigenvalue weighted by atomic mass is 10.4. The molecule has 5 heteroatoms. The summed E-state index contributed by atoms with van der Waals surface area (Å²) in [6.07, 6.45) is 5.15. The van der Waals surface area contributed by atoms with E-state index < -0.39 is 5.97 Å². The Kier molecular flexibility index (Phi) is 3.06. The van der Waals surface area contributed by atoms with Crippen LogP contribution < -0.4 is 4.90 Å². The Labute approximate surface area is 80.7 Å². The predicted octanol–water partition coefficient (Wildman–Crippen LogP) is 0.618. The van der Waals surface area contributed by atoms with Crippen LogP contribution in [0, 0.1) is 0 Å². The highest BCUT2D eigenvalue weighted by atomic mass is 16.4. The molecule has 0 atom stereocenters. The van der Waals surface area contributed by atoms with E-state index in [2.05, 4.69) is 4.98 Å². The summed E-state index contributed by atoms with van der Waals surface area (Å²) in [6, 6.07) is 1.71. The van der Waals surface area contributed by atoms with Crippen LogP contribution in [-0.4, -0.2) is 29.0 Å². The van der Waals surface area contributed by atoms with Crippen molar-refractivity contribution in [3.8, 4) is 0 Å². The van der Waals surface area contributed by atoms with E-state index in [-0.39, 0.29) is 5.91 Å². The van der Waals surface area contributed by atoms with Crippen LogP contribution in [0.4, 0.5) is 5.69 Å². The molecule has 1 aromatic rings. The molecule has 5 nitrogen and oxygen atoms in total. The molecule has 0 radical (unpaired) electrons. The molecule has 0 fully saturated rings. The highest BCUT2D eigenvalue weighted by molar-refractivity contribution is 6.03. The van der Waals surface area contributed by atoms with Crippen LogP contribution in [0.3, 0.4) is 0 Å². The Hall–Kier alpha value is -2.04. The number of carbonyl (C=O) groups is 2. The lowest BCUT2D eigenvalue weighted by Crippen LogP contribution is -2.23. The van der Waals surface area contributed by atoms with Gasteiger partial charge in [-0.15, -0.1) is 0 Å². The van der Waals surface area contributed by atoms with Gasteiger partial charge in [0.15, 0.2) is 0 Å². The van der Waals surface area contributed by atoms with Crippen molar-refractivity contribution in [3.05, 3.63) is 30.6 Å². The first-order chi connectivity index (χ1) is 6.61. The largest absolute Gasteiger partial charge is 0.478 e. The molecule has 14 heavy (non-hydrogen) atoms. The van der Waals surface area contributed by atoms with Gasteiger partial charge in [0.25, 0.3) is 5.91 Å². The van der Waals surface area contributed by atoms with Crippen LogP contribution in [0.15, 0.2) is 30.6 Å². The summed E-state index contributed by atoms with van der Waals surface area (Å²) in [4.78, 5) is 25.6. The Balaban J connectivity index is 2.67. The summed E-state index contributed by atoms with van der Waals surface area (Å²) in [6.45, 7) is 0. The number of nitrogens with zero attached hydrogens (tertiary/aromatic N) is 1. The number of H-pyrrole nitrogens is 1. The van der Waals surface area contributed by atoms with Gasteiger partial charge in [0.2, 0.25) is 0 Å². The second-order valence-corrected chi connectivity index (χ2v) is 2.64. The third-order valence-corrected chi connectivity index (χ3v) is 1.67. The fourth-order valence-corrected chi connectivity index (χ4v) is 0.905. The molecular weight excluding hydrogens is 184 g/mol. The monoisotopic (exact) mass is 194 g/mol. The van der Waals surface area contributed by atoms with Gasteiger partial charge in [-0.3, -0.25) is 4.79 Å². The van der Waals surface area contributed by atoms with E-state index in [1.165, 1.54) is 4.90 Å². The predicted molar refractivity (Wildman–Crippen MR) is 51.0 cm³/mol. The molecule has 1 amide bonds. The molecular formula is C9H10N2O3. The van der Waals surface area contributed by atoms with Crippen molar-refractivity contribution in [2.75, 3.05) is 11.9 Å². The van der Waals surface area contributed by atoms with Crippen molar-refractivity contribution in [1.29, 1.82) is 0 Å². The molecule has 0 spiro atoms. The Morgan fingerprint density at radius 3 is 2.71 bits per heavy atom. The van der Waals surface area contributed by atoms with Crippen LogP contribution in [0.25, 0.3) is 0 Å². The summed E-state index contributed by atoms with van der Waals surface area (Å²) >= 11 is 0. The van der Waals surface area contributed by atoms with E-state index >= 15 is 0 Å². The lowest BCUT2D eigenvalue weighted by molar-refractivity contribution is -0.131. The minimum atomic E-state index is -1.14. The van der Waals surface area contributed by atoms with Crippen molar-refractivity contribution < 1.29 is 14.7 Å². The van der Waals surface area contributed by atoms with E-state index in [4.69, 9.17) is 5.11 Å². The van der Waals surface area contributed by atoms with Crippen LogP contribution in [0.5, 0.6) is 0 Å². The van der Waals surface area contributed by atoms with Gasteiger partial charge in [0.05, 0.1) is 5.69 Å². The summed E-state index contributed by atoms with van der Waals surface area (Å²) in [5.74, 6) is -1.52. The molecule has 1 rings (SSSR count). The molecule has 0 saturated carbocycles. The Morgan fingerprint density at radius 2 is 2.21 bits per heavy atom. The van der Waals surface area contributed by atoms with Crippen molar-refractivity contribution in [3.63, 3.8) is 0 Å². The van der Waals surface area contributed by atoms with Crippen LogP contribution in [0.1, 0.15) is 0 Å². The minimum absolute atomic E-state index is 0.382. The van der Waals surface area contributed by atoms with Gasteiger partial charge < -0.3 is 15.0 Å². The number of carbonyl (C=O) groups excluding carboxylic acids is 1. The molecule has 1 aromatic heterocycles. The van der Waals surface area contributed by atoms with Gasteiger partial charge >= 0.3 is 5.97 Å². The van der Waals surface area contributed by atoms with Gasteiger partial charge in [-0.1, -0.05) is 0 Å². The maximum Gasteiger partial charge on any atom is 0.328 e. The van der Waals surface area contributed by atoms with Crippen molar-refractivity contribution in [1.82, 2.24) is 4.98 Å². The number of likely N-dealkylation sites (N-methyl/N-ethyl adjacent to an activating group) is 1. The van der Waals surface area contributed by atoms with Crippen molar-refractivity contribution >= 4 is 17.6 Å². The first-order valence-electron chi connectivity index (χ1n) is 3.92. The van der Waals surface area contributed by atoms with E-state index in [1.807, 2.05) is 0 Å². The van der Waals surface area contributed by atoms with Crippen LogP contribution in [-0.2, 0) is 9.59 Å². The zero-order valence-electron chi connectivity index (χ0n) is 7.60. The number of hydrogen-bond donors (Lipinski definition) is 2. The molecule has 2 N–H and O–H groups in total. The van der Waals surface area contributed by atoms with Gasteiger partial charge in [0, 0.05) is 31.6 Å². The van der Waals surface area contributed by atoms with Crippen LogP contribution in [0.2, 0.25) is 0 Å². The van der Waals surface area contributed by atoms with E-state index in [9.17, 15) is 9.59 Å². The quantitative estimate of drug-likeness (QED) is 0.692. The van der Waals surface area contributed by atoms with Crippen molar-refractivity contribution in [2.45, 2.75) is 0 Å². The number of carboxylic acids is 1. The SMILES string of the molecule is CN(C(=O)/C=C/C(=O)O)c1cc[nH]c1. The zero-order chi connectivity index (χ0) is 10.6. The maximum atomic E-state index is 11.3. The number of hydrogen-bond acceptors (Lipinski definition) is 2. The summed E-state index contributed by atoms with van der Waals surface area (Å²) in [7, 11) is 1.57. The standard InChI is InChI=1S/C9H10N2O3/c1-11(7-4-5-10-6-7)8(12)2-3-9(13)14/h2-6,10H,1H3,(H,13,14)/b3-2+.